The van der Waals surface area contributed by atoms with Gasteiger partial charge in [-0.05, 0) is 18.9 Å². The Morgan fingerprint density at radius 3 is 2.28 bits per heavy atom. The topological polar surface area (TPSA) is 99.0 Å². The SMILES string of the molecule is COC(=O)/C(Sc1ccccc1[N+](=O)[O-])=C(\C(=O)OC)N1CCCC1. The van der Waals surface area contributed by atoms with E-state index in [4.69, 9.17) is 9.47 Å². The Morgan fingerprint density at radius 1 is 1.12 bits per heavy atom. The van der Waals surface area contributed by atoms with Crippen LogP contribution in [0.5, 0.6) is 0 Å². The quantitative estimate of drug-likeness (QED) is 0.249. The summed E-state index contributed by atoms with van der Waals surface area (Å²) >= 11 is 0.836. The van der Waals surface area contributed by atoms with Crippen LogP contribution >= 0.6 is 11.8 Å². The number of para-hydroxylation sites is 1. The fourth-order valence-electron chi connectivity index (χ4n) is 2.49. The van der Waals surface area contributed by atoms with Gasteiger partial charge in [0.2, 0.25) is 0 Å². The molecule has 0 amide bonds. The number of carbonyl (C=O) groups excluding carboxylic acids is 2. The Balaban J connectivity index is 2.55. The summed E-state index contributed by atoms with van der Waals surface area (Å²) in [5.74, 6) is -1.41. The van der Waals surface area contributed by atoms with E-state index in [-0.39, 0.29) is 21.2 Å². The average molecular weight is 366 g/mol. The van der Waals surface area contributed by atoms with E-state index in [2.05, 4.69) is 0 Å². The number of nitro groups is 1. The van der Waals surface area contributed by atoms with Crippen LogP contribution in [0.25, 0.3) is 0 Å². The molecule has 1 fully saturated rings. The molecule has 0 N–H and O–H groups in total. The number of esters is 2. The van der Waals surface area contributed by atoms with Gasteiger partial charge >= 0.3 is 11.9 Å². The summed E-state index contributed by atoms with van der Waals surface area (Å²) < 4.78 is 9.62. The Hall–Kier alpha value is -2.55. The first-order chi connectivity index (χ1) is 12.0. The van der Waals surface area contributed by atoms with Gasteiger partial charge in [0.15, 0.2) is 0 Å². The maximum absolute atomic E-state index is 12.3. The number of methoxy groups -OCH3 is 2. The second-order valence-electron chi connectivity index (χ2n) is 5.18. The van der Waals surface area contributed by atoms with E-state index in [1.165, 1.54) is 32.4 Å². The molecule has 0 radical (unpaired) electrons. The fourth-order valence-corrected chi connectivity index (χ4v) is 3.58. The van der Waals surface area contributed by atoms with Crippen LogP contribution in [0, 0.1) is 10.1 Å². The lowest BCUT2D eigenvalue weighted by molar-refractivity contribution is -0.387. The van der Waals surface area contributed by atoms with Gasteiger partial charge in [0.25, 0.3) is 5.69 Å². The minimum Gasteiger partial charge on any atom is -0.465 e. The summed E-state index contributed by atoms with van der Waals surface area (Å²) in [5.41, 5.74) is -0.0745. The molecule has 9 heteroatoms. The summed E-state index contributed by atoms with van der Waals surface area (Å²) in [6.45, 7) is 1.20. The number of rotatable bonds is 6. The zero-order valence-electron chi connectivity index (χ0n) is 13.9. The van der Waals surface area contributed by atoms with Crippen LogP contribution in [-0.2, 0) is 19.1 Å². The van der Waals surface area contributed by atoms with Gasteiger partial charge in [-0.15, -0.1) is 0 Å². The minimum absolute atomic E-state index is 0.0226. The second-order valence-corrected chi connectivity index (χ2v) is 6.23. The van der Waals surface area contributed by atoms with Gasteiger partial charge in [-0.2, -0.15) is 0 Å². The summed E-state index contributed by atoms with van der Waals surface area (Å²) in [6, 6.07) is 6.01. The molecule has 0 spiro atoms. The molecule has 1 saturated heterocycles. The summed E-state index contributed by atoms with van der Waals surface area (Å²) in [4.78, 5) is 37.3. The van der Waals surface area contributed by atoms with E-state index in [9.17, 15) is 19.7 Å². The van der Waals surface area contributed by atoms with E-state index in [0.29, 0.717) is 13.1 Å². The van der Waals surface area contributed by atoms with Crippen molar-refractivity contribution in [1.29, 1.82) is 0 Å². The number of benzene rings is 1. The second kappa shape index (κ2) is 8.52. The molecule has 1 heterocycles. The standard InChI is InChI=1S/C16H18N2O6S/c1-23-15(19)13(17-9-5-6-10-17)14(16(20)24-2)25-12-8-4-3-7-11(12)18(21)22/h3-4,7-8H,5-6,9-10H2,1-2H3/b14-13-. The fraction of sp³-hybridized carbons (Fsp3) is 0.375. The maximum Gasteiger partial charge on any atom is 0.355 e. The number of nitrogens with zero attached hydrogens (tertiary/aromatic N) is 2. The number of carbonyl (C=O) groups is 2. The maximum atomic E-state index is 12.3. The molecular weight excluding hydrogens is 348 g/mol. The van der Waals surface area contributed by atoms with Crippen molar-refractivity contribution in [3.63, 3.8) is 0 Å². The Bertz CT molecular complexity index is 712. The monoisotopic (exact) mass is 366 g/mol. The zero-order valence-corrected chi connectivity index (χ0v) is 14.7. The lowest BCUT2D eigenvalue weighted by Gasteiger charge is -2.22. The van der Waals surface area contributed by atoms with Crippen molar-refractivity contribution >= 4 is 29.4 Å². The highest BCUT2D eigenvalue weighted by atomic mass is 32.2. The van der Waals surface area contributed by atoms with E-state index in [1.807, 2.05) is 0 Å². The van der Waals surface area contributed by atoms with Crippen LogP contribution in [0.4, 0.5) is 5.69 Å². The molecule has 0 saturated carbocycles. The molecule has 134 valence electrons. The molecule has 1 aromatic rings. The van der Waals surface area contributed by atoms with Crippen molar-refractivity contribution in [2.75, 3.05) is 27.3 Å². The highest BCUT2D eigenvalue weighted by molar-refractivity contribution is 8.04. The third kappa shape index (κ3) is 4.30. The number of nitro benzene ring substituents is 1. The number of thioether (sulfide) groups is 1. The Morgan fingerprint density at radius 2 is 1.72 bits per heavy atom. The highest BCUT2D eigenvalue weighted by Gasteiger charge is 2.31. The molecule has 1 aliphatic heterocycles. The van der Waals surface area contributed by atoms with Gasteiger partial charge in [0.1, 0.15) is 10.6 Å². The predicted molar refractivity (Wildman–Crippen MR) is 90.8 cm³/mol. The first-order valence-corrected chi connectivity index (χ1v) is 8.38. The number of hydrogen-bond acceptors (Lipinski definition) is 8. The summed E-state index contributed by atoms with van der Waals surface area (Å²) in [5, 5.41) is 11.2. The lowest BCUT2D eigenvalue weighted by Crippen LogP contribution is -2.28. The molecule has 2 rings (SSSR count). The Labute approximate surface area is 148 Å². The number of ether oxygens (including phenoxy) is 2. The van der Waals surface area contributed by atoms with Crippen molar-refractivity contribution in [2.24, 2.45) is 0 Å². The van der Waals surface area contributed by atoms with Gasteiger partial charge in [-0.25, -0.2) is 9.59 Å². The van der Waals surface area contributed by atoms with E-state index in [1.54, 1.807) is 11.0 Å². The van der Waals surface area contributed by atoms with E-state index in [0.717, 1.165) is 24.6 Å². The van der Waals surface area contributed by atoms with Crippen LogP contribution in [-0.4, -0.2) is 49.1 Å². The van der Waals surface area contributed by atoms with Gasteiger partial charge in [0.05, 0.1) is 24.0 Å². The average Bonchev–Trinajstić information content (AvgIpc) is 3.14. The highest BCUT2D eigenvalue weighted by Crippen LogP contribution is 2.37. The molecule has 25 heavy (non-hydrogen) atoms. The predicted octanol–water partition coefficient (Wildman–Crippen LogP) is 2.34. The van der Waals surface area contributed by atoms with Gasteiger partial charge in [-0.1, -0.05) is 23.9 Å². The first-order valence-electron chi connectivity index (χ1n) is 7.56. The van der Waals surface area contributed by atoms with Crippen LogP contribution in [0.15, 0.2) is 39.8 Å². The summed E-state index contributed by atoms with van der Waals surface area (Å²) in [6.07, 6.45) is 1.76. The molecule has 0 atom stereocenters. The zero-order chi connectivity index (χ0) is 18.4. The molecule has 0 aromatic heterocycles. The number of likely N-dealkylation sites (tertiary alicyclic amines) is 1. The van der Waals surface area contributed by atoms with Gasteiger partial charge in [-0.3, -0.25) is 10.1 Å². The van der Waals surface area contributed by atoms with E-state index < -0.39 is 16.9 Å². The first kappa shape index (κ1) is 18.8. The van der Waals surface area contributed by atoms with Gasteiger partial charge < -0.3 is 14.4 Å². The van der Waals surface area contributed by atoms with Crippen molar-refractivity contribution in [2.45, 2.75) is 17.7 Å². The molecule has 0 unspecified atom stereocenters. The van der Waals surface area contributed by atoms with Crippen molar-refractivity contribution < 1.29 is 24.0 Å². The van der Waals surface area contributed by atoms with E-state index >= 15 is 0 Å². The number of hydrogen-bond donors (Lipinski definition) is 0. The molecule has 1 aliphatic rings. The molecule has 0 bridgehead atoms. The van der Waals surface area contributed by atoms with Crippen molar-refractivity contribution in [1.82, 2.24) is 4.90 Å². The molecular formula is C16H18N2O6S. The van der Waals surface area contributed by atoms with Crippen LogP contribution in [0.2, 0.25) is 0 Å². The lowest BCUT2D eigenvalue weighted by atomic mass is 10.3. The van der Waals surface area contributed by atoms with Crippen molar-refractivity contribution in [3.8, 4) is 0 Å². The third-order valence-electron chi connectivity index (χ3n) is 3.66. The largest absolute Gasteiger partial charge is 0.465 e. The van der Waals surface area contributed by atoms with Crippen LogP contribution < -0.4 is 0 Å². The molecule has 1 aromatic carbocycles. The molecule has 0 aliphatic carbocycles. The minimum atomic E-state index is -0.740. The summed E-state index contributed by atoms with van der Waals surface area (Å²) in [7, 11) is 2.42. The van der Waals surface area contributed by atoms with Crippen molar-refractivity contribution in [3.05, 3.63) is 45.0 Å². The Kier molecular flexibility index (Phi) is 6.40. The van der Waals surface area contributed by atoms with Crippen LogP contribution in [0.3, 0.4) is 0 Å². The molecule has 8 nitrogen and oxygen atoms in total. The third-order valence-corrected chi connectivity index (χ3v) is 4.79. The van der Waals surface area contributed by atoms with Crippen LogP contribution in [0.1, 0.15) is 12.8 Å². The van der Waals surface area contributed by atoms with Gasteiger partial charge in [0, 0.05) is 19.2 Å². The normalized spacial score (nSPS) is 14.7. The smallest absolute Gasteiger partial charge is 0.355 e.